The van der Waals surface area contributed by atoms with Gasteiger partial charge in [0.1, 0.15) is 0 Å². The summed E-state index contributed by atoms with van der Waals surface area (Å²) in [5.74, 6) is 0.856. The van der Waals surface area contributed by atoms with E-state index in [-0.39, 0.29) is 0 Å². The Kier molecular flexibility index (Phi) is 3.69. The molecule has 0 aliphatic rings. The Morgan fingerprint density at radius 3 is 2.65 bits per heavy atom. The lowest BCUT2D eigenvalue weighted by Crippen LogP contribution is -1.98. The topological polar surface area (TPSA) is 17.8 Å². The first-order valence-corrected chi connectivity index (χ1v) is 7.15. The second-order valence-electron chi connectivity index (χ2n) is 4.36. The molecule has 0 N–H and O–H groups in total. The maximum absolute atomic E-state index is 12.7. The van der Waals surface area contributed by atoms with E-state index < -0.39 is 6.55 Å². The monoisotopic (exact) mass is 290 g/mol. The molecular weight excluding hydrogens is 278 g/mol. The van der Waals surface area contributed by atoms with E-state index in [2.05, 4.69) is 17.2 Å². The maximum atomic E-state index is 12.7. The van der Waals surface area contributed by atoms with Crippen molar-refractivity contribution in [2.75, 3.05) is 0 Å². The summed E-state index contributed by atoms with van der Waals surface area (Å²) >= 11 is 1.68. The molecule has 0 radical (unpaired) electrons. The molecule has 5 heteroatoms. The number of hydrogen-bond donors (Lipinski definition) is 0. The van der Waals surface area contributed by atoms with Crippen LogP contribution in [0.1, 0.15) is 12.1 Å². The number of fused-ring (bicyclic) bond motifs is 1. The summed E-state index contributed by atoms with van der Waals surface area (Å²) < 4.78 is 26.1. The third-order valence-corrected chi connectivity index (χ3v) is 4.07. The molecule has 3 aromatic rings. The van der Waals surface area contributed by atoms with Crippen LogP contribution in [0.5, 0.6) is 0 Å². The Morgan fingerprint density at radius 1 is 1.10 bits per heavy atom. The second-order valence-corrected chi connectivity index (χ2v) is 5.41. The van der Waals surface area contributed by atoms with E-state index in [0.29, 0.717) is 5.52 Å². The van der Waals surface area contributed by atoms with Crippen molar-refractivity contribution in [2.24, 2.45) is 0 Å². The van der Waals surface area contributed by atoms with Crippen molar-refractivity contribution < 1.29 is 8.78 Å². The van der Waals surface area contributed by atoms with E-state index in [1.165, 1.54) is 11.8 Å². The molecule has 0 unspecified atom stereocenters. The number of halogens is 2. The summed E-state index contributed by atoms with van der Waals surface area (Å²) in [6, 6.07) is 15.6. The predicted octanol–water partition coefficient (Wildman–Crippen LogP) is 4.72. The maximum Gasteiger partial charge on any atom is 0.333 e. The number of thioether (sulfide) groups is 1. The summed E-state index contributed by atoms with van der Waals surface area (Å²) in [6.45, 7) is -2.60. The summed E-state index contributed by atoms with van der Waals surface area (Å²) in [4.78, 5) is 1.05. The third-order valence-electron chi connectivity index (χ3n) is 3.00. The highest BCUT2D eigenvalue weighted by atomic mass is 32.2. The van der Waals surface area contributed by atoms with Gasteiger partial charge in [-0.05, 0) is 23.8 Å². The average Bonchev–Trinajstić information content (AvgIpc) is 2.89. The molecule has 1 heterocycles. The van der Waals surface area contributed by atoms with E-state index >= 15 is 0 Å². The van der Waals surface area contributed by atoms with Crippen LogP contribution < -0.4 is 0 Å². The minimum Gasteiger partial charge on any atom is -0.204 e. The lowest BCUT2D eigenvalue weighted by Gasteiger charge is -2.04. The molecule has 0 atom stereocenters. The highest BCUT2D eigenvalue weighted by Gasteiger charge is 2.11. The third kappa shape index (κ3) is 2.67. The van der Waals surface area contributed by atoms with Crippen LogP contribution in [-0.2, 0) is 5.75 Å². The fourth-order valence-electron chi connectivity index (χ4n) is 2.02. The molecule has 0 fully saturated rings. The van der Waals surface area contributed by atoms with Crippen molar-refractivity contribution in [2.45, 2.75) is 17.2 Å². The Morgan fingerprint density at radius 2 is 1.90 bits per heavy atom. The molecule has 1 aromatic heterocycles. The average molecular weight is 290 g/mol. The van der Waals surface area contributed by atoms with Crippen LogP contribution in [0.2, 0.25) is 0 Å². The van der Waals surface area contributed by atoms with Crippen LogP contribution in [0.3, 0.4) is 0 Å². The highest BCUT2D eigenvalue weighted by molar-refractivity contribution is 7.98. The van der Waals surface area contributed by atoms with Gasteiger partial charge in [0.05, 0.1) is 11.7 Å². The highest BCUT2D eigenvalue weighted by Crippen LogP contribution is 2.27. The van der Waals surface area contributed by atoms with Gasteiger partial charge in [0.15, 0.2) is 0 Å². The molecule has 0 saturated heterocycles. The van der Waals surface area contributed by atoms with Crippen LogP contribution in [0.15, 0.2) is 59.6 Å². The first-order valence-electron chi connectivity index (χ1n) is 6.16. The molecule has 2 aromatic carbocycles. The standard InChI is InChI=1S/C15H12F2N2S/c16-15(17)19-14-7-6-13(8-12(14)9-18-19)20-10-11-4-2-1-3-5-11/h1-9,15H,10H2. The lowest BCUT2D eigenvalue weighted by atomic mass is 10.2. The first-order chi connectivity index (χ1) is 9.74. The smallest absolute Gasteiger partial charge is 0.204 e. The van der Waals surface area contributed by atoms with Gasteiger partial charge in [0, 0.05) is 16.0 Å². The fraction of sp³-hybridized carbons (Fsp3) is 0.133. The number of aromatic nitrogens is 2. The van der Waals surface area contributed by atoms with Crippen molar-refractivity contribution in [1.82, 2.24) is 9.78 Å². The number of rotatable bonds is 4. The number of alkyl halides is 2. The van der Waals surface area contributed by atoms with Gasteiger partial charge in [0.25, 0.3) is 0 Å². The molecule has 3 rings (SSSR count). The lowest BCUT2D eigenvalue weighted by molar-refractivity contribution is 0.0615. The molecule has 0 bridgehead atoms. The van der Waals surface area contributed by atoms with Crippen molar-refractivity contribution in [3.8, 4) is 0 Å². The van der Waals surface area contributed by atoms with Crippen LogP contribution in [0, 0.1) is 0 Å². The van der Waals surface area contributed by atoms with E-state index in [0.717, 1.165) is 20.7 Å². The Balaban J connectivity index is 1.80. The zero-order valence-electron chi connectivity index (χ0n) is 10.5. The van der Waals surface area contributed by atoms with Gasteiger partial charge in [-0.25, -0.2) is 4.68 Å². The normalized spacial score (nSPS) is 11.3. The molecule has 0 saturated carbocycles. The second kappa shape index (κ2) is 5.63. The minimum atomic E-state index is -2.60. The Bertz CT molecular complexity index is 710. The van der Waals surface area contributed by atoms with Crippen molar-refractivity contribution >= 4 is 22.7 Å². The van der Waals surface area contributed by atoms with E-state index in [1.54, 1.807) is 17.8 Å². The zero-order chi connectivity index (χ0) is 13.9. The van der Waals surface area contributed by atoms with Crippen LogP contribution in [-0.4, -0.2) is 9.78 Å². The molecule has 0 aliphatic heterocycles. The molecule has 20 heavy (non-hydrogen) atoms. The van der Waals surface area contributed by atoms with E-state index in [9.17, 15) is 8.78 Å². The molecule has 0 spiro atoms. The molecule has 102 valence electrons. The summed E-state index contributed by atoms with van der Waals surface area (Å²) in [5, 5.41) is 4.45. The Labute approximate surface area is 119 Å². The molecule has 0 aliphatic carbocycles. The van der Waals surface area contributed by atoms with Crippen LogP contribution in [0.4, 0.5) is 8.78 Å². The number of nitrogens with zero attached hydrogens (tertiary/aromatic N) is 2. The van der Waals surface area contributed by atoms with Gasteiger partial charge in [0.2, 0.25) is 0 Å². The summed E-state index contributed by atoms with van der Waals surface area (Å²) in [6.07, 6.45) is 1.48. The first kappa shape index (κ1) is 13.1. The van der Waals surface area contributed by atoms with E-state index in [1.807, 2.05) is 30.3 Å². The van der Waals surface area contributed by atoms with Gasteiger partial charge in [-0.15, -0.1) is 11.8 Å². The molecule has 0 amide bonds. The fourth-order valence-corrected chi connectivity index (χ4v) is 2.92. The minimum absolute atomic E-state index is 0.462. The number of benzene rings is 2. The van der Waals surface area contributed by atoms with Crippen molar-refractivity contribution in [3.05, 3.63) is 60.3 Å². The van der Waals surface area contributed by atoms with Gasteiger partial charge in [-0.3, -0.25) is 0 Å². The molecular formula is C15H12F2N2S. The number of hydrogen-bond acceptors (Lipinski definition) is 2. The van der Waals surface area contributed by atoms with Gasteiger partial charge >= 0.3 is 6.55 Å². The zero-order valence-corrected chi connectivity index (χ0v) is 11.4. The van der Waals surface area contributed by atoms with Crippen molar-refractivity contribution in [1.29, 1.82) is 0 Å². The van der Waals surface area contributed by atoms with E-state index in [4.69, 9.17) is 0 Å². The van der Waals surface area contributed by atoms with Crippen LogP contribution in [0.25, 0.3) is 10.9 Å². The van der Waals surface area contributed by atoms with Gasteiger partial charge in [-0.2, -0.15) is 13.9 Å². The summed E-state index contributed by atoms with van der Waals surface area (Å²) in [7, 11) is 0. The SMILES string of the molecule is FC(F)n1ncc2cc(SCc3ccccc3)ccc21. The van der Waals surface area contributed by atoms with Gasteiger partial charge < -0.3 is 0 Å². The van der Waals surface area contributed by atoms with Crippen molar-refractivity contribution in [3.63, 3.8) is 0 Å². The predicted molar refractivity (Wildman–Crippen MR) is 77.0 cm³/mol. The van der Waals surface area contributed by atoms with Gasteiger partial charge in [-0.1, -0.05) is 30.3 Å². The van der Waals surface area contributed by atoms with Crippen LogP contribution >= 0.6 is 11.8 Å². The summed E-state index contributed by atoms with van der Waals surface area (Å²) in [5.41, 5.74) is 1.70. The Hall–Kier alpha value is -1.88. The largest absolute Gasteiger partial charge is 0.333 e. The quantitative estimate of drug-likeness (QED) is 0.647. The molecule has 2 nitrogen and oxygen atoms in total.